The number of H-pyrrole nitrogens is 1. The fraction of sp³-hybridized carbons (Fsp3) is 0.333. The number of aromatic nitrogens is 2. The number of nitrogens with zero attached hydrogens (tertiary/aromatic N) is 2. The molecule has 2 aromatic carbocycles. The lowest BCUT2D eigenvalue weighted by molar-refractivity contribution is 0.0711. The molecule has 0 atom stereocenters. The minimum absolute atomic E-state index is 0.0328. The Hall–Kier alpha value is -2.87. The van der Waals surface area contributed by atoms with E-state index in [0.29, 0.717) is 30.3 Å². The van der Waals surface area contributed by atoms with Gasteiger partial charge in [-0.15, -0.1) is 0 Å². The van der Waals surface area contributed by atoms with Crippen molar-refractivity contribution in [3.05, 3.63) is 59.4 Å². The quantitative estimate of drug-likeness (QED) is 0.688. The third-order valence-corrected chi connectivity index (χ3v) is 5.87. The van der Waals surface area contributed by atoms with Crippen molar-refractivity contribution in [2.45, 2.75) is 25.7 Å². The zero-order valence-electron chi connectivity index (χ0n) is 16.5. The highest BCUT2D eigenvalue weighted by molar-refractivity contribution is 7.92. The predicted molar refractivity (Wildman–Crippen MR) is 114 cm³/mol. The summed E-state index contributed by atoms with van der Waals surface area (Å²) in [5, 5.41) is 0. The summed E-state index contributed by atoms with van der Waals surface area (Å²) in [6.07, 6.45) is 2.82. The normalized spacial score (nSPS) is 15.6. The van der Waals surface area contributed by atoms with Gasteiger partial charge in [0, 0.05) is 30.3 Å². The number of fused-ring (bicyclic) bond motifs is 1. The highest BCUT2D eigenvalue weighted by Crippen LogP contribution is 2.28. The lowest BCUT2D eigenvalue weighted by atomic mass is 9.95. The topological polar surface area (TPSA) is 95.2 Å². The number of amides is 1. The number of imidazole rings is 1. The number of piperidine rings is 1. The Morgan fingerprint density at radius 1 is 1.14 bits per heavy atom. The maximum absolute atomic E-state index is 12.8. The van der Waals surface area contributed by atoms with Crippen molar-refractivity contribution >= 4 is 32.7 Å². The molecule has 2 N–H and O–H groups in total. The van der Waals surface area contributed by atoms with Crippen LogP contribution in [-0.4, -0.2) is 48.5 Å². The molecular formula is C21H24N4O3S. The van der Waals surface area contributed by atoms with Crippen LogP contribution < -0.4 is 4.72 Å². The number of likely N-dealkylation sites (tertiary alicyclic amines) is 1. The number of aryl methyl sites for hydroxylation is 1. The standard InChI is InChI=1S/C21H24N4O3S/c1-14-3-8-18-19(13-14)23-20(22-18)15-9-11-25(12-10-15)21(26)16-4-6-17(7-5-16)24-29(2,27)28/h3-8,13,15,24H,9-12H2,1-2H3,(H,22,23). The summed E-state index contributed by atoms with van der Waals surface area (Å²) in [6.45, 7) is 3.40. The number of carbonyl (C=O) groups is 1. The van der Waals surface area contributed by atoms with Crippen LogP contribution in [0.3, 0.4) is 0 Å². The average molecular weight is 413 g/mol. The van der Waals surface area contributed by atoms with Crippen LogP contribution in [-0.2, 0) is 10.0 Å². The molecule has 1 aliphatic rings. The molecular weight excluding hydrogens is 388 g/mol. The Balaban J connectivity index is 1.40. The number of benzene rings is 2. The van der Waals surface area contributed by atoms with E-state index in [1.165, 1.54) is 5.56 Å². The average Bonchev–Trinajstić information content (AvgIpc) is 3.10. The molecule has 0 spiro atoms. The summed E-state index contributed by atoms with van der Waals surface area (Å²) < 4.78 is 25.0. The number of anilines is 1. The second-order valence-electron chi connectivity index (χ2n) is 7.66. The molecule has 2 heterocycles. The zero-order valence-corrected chi connectivity index (χ0v) is 17.3. The highest BCUT2D eigenvalue weighted by Gasteiger charge is 2.26. The number of sulfonamides is 1. The van der Waals surface area contributed by atoms with Gasteiger partial charge >= 0.3 is 0 Å². The second-order valence-corrected chi connectivity index (χ2v) is 9.41. The molecule has 152 valence electrons. The van der Waals surface area contributed by atoms with Gasteiger partial charge in [-0.2, -0.15) is 0 Å². The van der Waals surface area contributed by atoms with E-state index in [4.69, 9.17) is 4.98 Å². The Labute approximate surface area is 170 Å². The van der Waals surface area contributed by atoms with Crippen molar-refractivity contribution in [3.8, 4) is 0 Å². The second kappa shape index (κ2) is 7.51. The van der Waals surface area contributed by atoms with Crippen LogP contribution in [0.15, 0.2) is 42.5 Å². The fourth-order valence-electron chi connectivity index (χ4n) is 3.77. The first-order chi connectivity index (χ1) is 13.8. The molecule has 8 heteroatoms. The smallest absolute Gasteiger partial charge is 0.253 e. The Bertz CT molecular complexity index is 1140. The van der Waals surface area contributed by atoms with Crippen molar-refractivity contribution in [1.29, 1.82) is 0 Å². The minimum atomic E-state index is -3.33. The van der Waals surface area contributed by atoms with E-state index in [0.717, 1.165) is 36.0 Å². The lowest BCUT2D eigenvalue weighted by Crippen LogP contribution is -2.38. The van der Waals surface area contributed by atoms with Gasteiger partial charge in [0.25, 0.3) is 5.91 Å². The van der Waals surface area contributed by atoms with E-state index in [1.807, 2.05) is 11.0 Å². The number of nitrogens with one attached hydrogen (secondary N) is 2. The first-order valence-corrected chi connectivity index (χ1v) is 11.5. The molecule has 1 amide bonds. The number of carbonyl (C=O) groups excluding carboxylic acids is 1. The summed E-state index contributed by atoms with van der Waals surface area (Å²) in [4.78, 5) is 22.8. The fourth-order valence-corrected chi connectivity index (χ4v) is 4.33. The first kappa shape index (κ1) is 19.4. The monoisotopic (exact) mass is 412 g/mol. The number of hydrogen-bond donors (Lipinski definition) is 2. The number of rotatable bonds is 4. The molecule has 0 radical (unpaired) electrons. The summed E-state index contributed by atoms with van der Waals surface area (Å²) in [7, 11) is -3.33. The van der Waals surface area contributed by atoms with E-state index in [1.54, 1.807) is 24.3 Å². The maximum atomic E-state index is 12.8. The van der Waals surface area contributed by atoms with Gasteiger partial charge in [0.05, 0.1) is 17.3 Å². The van der Waals surface area contributed by atoms with Gasteiger partial charge in [0.1, 0.15) is 5.82 Å². The molecule has 29 heavy (non-hydrogen) atoms. The first-order valence-electron chi connectivity index (χ1n) is 9.62. The molecule has 0 aliphatic carbocycles. The van der Waals surface area contributed by atoms with Gasteiger partial charge in [-0.1, -0.05) is 6.07 Å². The molecule has 0 saturated carbocycles. The van der Waals surface area contributed by atoms with Crippen LogP contribution in [0.5, 0.6) is 0 Å². The largest absolute Gasteiger partial charge is 0.342 e. The molecule has 1 aliphatic heterocycles. The Kier molecular flexibility index (Phi) is 5.04. The van der Waals surface area contributed by atoms with Crippen molar-refractivity contribution in [3.63, 3.8) is 0 Å². The molecule has 1 aromatic heterocycles. The molecule has 4 rings (SSSR count). The predicted octanol–water partition coefficient (Wildman–Crippen LogP) is 3.26. The van der Waals surface area contributed by atoms with Crippen LogP contribution in [0.2, 0.25) is 0 Å². The van der Waals surface area contributed by atoms with E-state index in [2.05, 4.69) is 28.8 Å². The maximum Gasteiger partial charge on any atom is 0.253 e. The van der Waals surface area contributed by atoms with Crippen LogP contribution in [0, 0.1) is 6.92 Å². The molecule has 7 nitrogen and oxygen atoms in total. The van der Waals surface area contributed by atoms with Crippen molar-refractivity contribution < 1.29 is 13.2 Å². The van der Waals surface area contributed by atoms with E-state index >= 15 is 0 Å². The highest BCUT2D eigenvalue weighted by atomic mass is 32.2. The minimum Gasteiger partial charge on any atom is -0.342 e. The Morgan fingerprint density at radius 2 is 1.83 bits per heavy atom. The van der Waals surface area contributed by atoms with Crippen LogP contribution in [0.1, 0.15) is 40.5 Å². The van der Waals surface area contributed by atoms with Gasteiger partial charge in [0.15, 0.2) is 0 Å². The van der Waals surface area contributed by atoms with E-state index < -0.39 is 10.0 Å². The van der Waals surface area contributed by atoms with Crippen molar-refractivity contribution in [1.82, 2.24) is 14.9 Å². The summed E-state index contributed by atoms with van der Waals surface area (Å²) in [5.74, 6) is 1.27. The summed E-state index contributed by atoms with van der Waals surface area (Å²) in [6, 6.07) is 12.7. The third-order valence-electron chi connectivity index (χ3n) is 5.26. The summed E-state index contributed by atoms with van der Waals surface area (Å²) >= 11 is 0. The van der Waals surface area contributed by atoms with Gasteiger partial charge in [0.2, 0.25) is 10.0 Å². The molecule has 1 fully saturated rings. The van der Waals surface area contributed by atoms with Gasteiger partial charge in [-0.25, -0.2) is 13.4 Å². The van der Waals surface area contributed by atoms with Crippen LogP contribution >= 0.6 is 0 Å². The van der Waals surface area contributed by atoms with Gasteiger partial charge in [-0.05, 0) is 61.7 Å². The lowest BCUT2D eigenvalue weighted by Gasteiger charge is -2.31. The van der Waals surface area contributed by atoms with E-state index in [-0.39, 0.29) is 5.91 Å². The van der Waals surface area contributed by atoms with Gasteiger partial charge < -0.3 is 9.88 Å². The summed E-state index contributed by atoms with van der Waals surface area (Å²) in [5.41, 5.74) is 4.24. The third kappa shape index (κ3) is 4.42. The number of hydrogen-bond acceptors (Lipinski definition) is 4. The van der Waals surface area contributed by atoms with Crippen molar-refractivity contribution in [2.75, 3.05) is 24.1 Å². The molecule has 1 saturated heterocycles. The van der Waals surface area contributed by atoms with Crippen LogP contribution in [0.4, 0.5) is 5.69 Å². The van der Waals surface area contributed by atoms with Crippen molar-refractivity contribution in [2.24, 2.45) is 0 Å². The molecule has 0 unspecified atom stereocenters. The Morgan fingerprint density at radius 3 is 2.48 bits per heavy atom. The number of aromatic amines is 1. The van der Waals surface area contributed by atoms with Crippen LogP contribution in [0.25, 0.3) is 11.0 Å². The molecule has 3 aromatic rings. The van der Waals surface area contributed by atoms with E-state index in [9.17, 15) is 13.2 Å². The SMILES string of the molecule is Cc1ccc2nc(C3CCN(C(=O)c4ccc(NS(C)(=O)=O)cc4)CC3)[nH]c2c1. The molecule has 0 bridgehead atoms. The van der Waals surface area contributed by atoms with Gasteiger partial charge in [-0.3, -0.25) is 9.52 Å². The zero-order chi connectivity index (χ0) is 20.6.